The molecule has 0 radical (unpaired) electrons. The van der Waals surface area contributed by atoms with Gasteiger partial charge in [0, 0.05) is 0 Å². The van der Waals surface area contributed by atoms with Crippen molar-refractivity contribution in [1.82, 2.24) is 0 Å². The maximum atomic E-state index is 10.7. The van der Waals surface area contributed by atoms with Crippen LogP contribution in [0.1, 0.15) is 13.8 Å². The van der Waals surface area contributed by atoms with Crippen molar-refractivity contribution < 1.29 is 9.53 Å². The Morgan fingerprint density at radius 1 is 1.82 bits per heavy atom. The Bertz CT molecular complexity index is 205. The fourth-order valence-electron chi connectivity index (χ4n) is 0.451. The third-order valence-electron chi connectivity index (χ3n) is 0.814. The van der Waals surface area contributed by atoms with E-state index in [0.29, 0.717) is 6.61 Å². The number of hydrogen-bond donors (Lipinski definition) is 0. The van der Waals surface area contributed by atoms with Gasteiger partial charge in [0.15, 0.2) is 0 Å². The van der Waals surface area contributed by atoms with Crippen LogP contribution in [0.25, 0.3) is 0 Å². The summed E-state index contributed by atoms with van der Waals surface area (Å²) in [7, 11) is 0. The first-order valence-corrected chi connectivity index (χ1v) is 4.83. The summed E-state index contributed by atoms with van der Waals surface area (Å²) in [6.45, 7) is 3.87. The van der Waals surface area contributed by atoms with Crippen LogP contribution in [0.3, 0.4) is 0 Å². The standard InChI is InChI=1S/C7H9NO2Se/c1-3-10-7(9)4-6(2)11-5-8/h4H,3H2,1-2H3/b6-4-. The zero-order valence-electron chi connectivity index (χ0n) is 6.46. The molecular formula is C7H9NO2Se. The van der Waals surface area contributed by atoms with Gasteiger partial charge in [0.2, 0.25) is 0 Å². The van der Waals surface area contributed by atoms with E-state index in [0.717, 1.165) is 4.47 Å². The molecule has 0 saturated heterocycles. The zero-order valence-corrected chi connectivity index (χ0v) is 8.17. The summed E-state index contributed by atoms with van der Waals surface area (Å²) in [5.74, 6) is -0.359. The van der Waals surface area contributed by atoms with E-state index in [1.807, 2.05) is 4.97 Å². The van der Waals surface area contributed by atoms with Gasteiger partial charge in [-0.15, -0.1) is 0 Å². The fraction of sp³-hybridized carbons (Fsp3) is 0.429. The first-order valence-electron chi connectivity index (χ1n) is 3.11. The number of nitriles is 1. The van der Waals surface area contributed by atoms with E-state index in [1.54, 1.807) is 13.8 Å². The molecule has 0 aliphatic heterocycles. The van der Waals surface area contributed by atoms with Crippen LogP contribution in [0.2, 0.25) is 0 Å². The zero-order chi connectivity index (χ0) is 8.69. The molecule has 0 spiro atoms. The van der Waals surface area contributed by atoms with Crippen LogP contribution in [0, 0.1) is 10.2 Å². The molecule has 0 aromatic heterocycles. The van der Waals surface area contributed by atoms with E-state index in [4.69, 9.17) is 5.26 Å². The van der Waals surface area contributed by atoms with Crippen LogP contribution in [0.5, 0.6) is 0 Å². The van der Waals surface area contributed by atoms with Gasteiger partial charge in [0.1, 0.15) is 0 Å². The SMILES string of the molecule is CCOC(=O)/C=C(/C)[Se]C#N. The van der Waals surface area contributed by atoms with E-state index in [2.05, 4.69) is 4.74 Å². The quantitative estimate of drug-likeness (QED) is 0.396. The van der Waals surface area contributed by atoms with Crippen LogP contribution in [0.4, 0.5) is 0 Å². The Labute approximate surface area is 72.2 Å². The third-order valence-corrected chi connectivity index (χ3v) is 1.93. The van der Waals surface area contributed by atoms with Crippen LogP contribution in [-0.4, -0.2) is 27.5 Å². The third kappa shape index (κ3) is 5.65. The van der Waals surface area contributed by atoms with Crippen molar-refractivity contribution in [3.05, 3.63) is 10.5 Å². The molecule has 11 heavy (non-hydrogen) atoms. The van der Waals surface area contributed by atoms with E-state index < -0.39 is 0 Å². The average Bonchev–Trinajstić information content (AvgIpc) is 1.87. The Balaban J connectivity index is 3.88. The topological polar surface area (TPSA) is 50.1 Å². The van der Waals surface area contributed by atoms with E-state index in [9.17, 15) is 4.79 Å². The molecule has 3 nitrogen and oxygen atoms in total. The number of hydrogen-bond acceptors (Lipinski definition) is 3. The van der Waals surface area contributed by atoms with Crippen molar-refractivity contribution in [3.63, 3.8) is 0 Å². The molecule has 60 valence electrons. The minimum absolute atomic E-state index is 0.229. The van der Waals surface area contributed by atoms with Crippen LogP contribution in [-0.2, 0) is 9.53 Å². The van der Waals surface area contributed by atoms with Crippen molar-refractivity contribution >= 4 is 20.9 Å². The van der Waals surface area contributed by atoms with Crippen LogP contribution < -0.4 is 0 Å². The molecule has 0 aliphatic rings. The molecule has 0 aliphatic carbocycles. The number of carbonyl (C=O) groups is 1. The summed E-state index contributed by atoms with van der Waals surface area (Å²) >= 11 is -0.229. The number of allylic oxidation sites excluding steroid dienone is 1. The Hall–Kier alpha value is -0.781. The first-order chi connectivity index (χ1) is 5.20. The second-order valence-corrected chi connectivity index (χ2v) is 3.86. The van der Waals surface area contributed by atoms with E-state index in [-0.39, 0.29) is 20.9 Å². The molecule has 0 amide bonds. The van der Waals surface area contributed by atoms with Gasteiger partial charge in [-0.2, -0.15) is 0 Å². The normalized spacial score (nSPS) is 10.5. The Morgan fingerprint density at radius 3 is 2.91 bits per heavy atom. The van der Waals surface area contributed by atoms with Crippen LogP contribution >= 0.6 is 0 Å². The molecular weight excluding hydrogens is 209 g/mol. The van der Waals surface area contributed by atoms with Crippen molar-refractivity contribution in [1.29, 1.82) is 5.26 Å². The van der Waals surface area contributed by atoms with Crippen LogP contribution in [0.15, 0.2) is 10.5 Å². The summed E-state index contributed by atoms with van der Waals surface area (Å²) in [4.78, 5) is 12.7. The van der Waals surface area contributed by atoms with Gasteiger partial charge in [0.25, 0.3) is 0 Å². The molecule has 0 saturated carbocycles. The molecule has 0 unspecified atom stereocenters. The maximum absolute atomic E-state index is 10.7. The number of rotatable bonds is 3. The van der Waals surface area contributed by atoms with E-state index >= 15 is 0 Å². The molecule has 0 N–H and O–H groups in total. The fourth-order valence-corrected chi connectivity index (χ4v) is 1.08. The molecule has 4 heteroatoms. The van der Waals surface area contributed by atoms with Gasteiger partial charge < -0.3 is 0 Å². The second-order valence-electron chi connectivity index (χ2n) is 1.70. The number of esters is 1. The van der Waals surface area contributed by atoms with E-state index in [1.165, 1.54) is 6.08 Å². The summed E-state index contributed by atoms with van der Waals surface area (Å²) in [6, 6.07) is 0. The summed E-state index contributed by atoms with van der Waals surface area (Å²) in [6.07, 6.45) is 1.37. The summed E-state index contributed by atoms with van der Waals surface area (Å²) in [5.41, 5.74) is 0. The van der Waals surface area contributed by atoms with Crippen molar-refractivity contribution in [3.8, 4) is 4.97 Å². The van der Waals surface area contributed by atoms with Crippen molar-refractivity contribution in [2.24, 2.45) is 0 Å². The number of carbonyl (C=O) groups excluding carboxylic acids is 1. The molecule has 0 atom stereocenters. The predicted octanol–water partition coefficient (Wildman–Crippen LogP) is 0.639. The van der Waals surface area contributed by atoms with Gasteiger partial charge in [-0.05, 0) is 0 Å². The molecule has 0 heterocycles. The van der Waals surface area contributed by atoms with Gasteiger partial charge >= 0.3 is 71.7 Å². The van der Waals surface area contributed by atoms with Gasteiger partial charge in [-0.1, -0.05) is 0 Å². The molecule has 0 aromatic carbocycles. The van der Waals surface area contributed by atoms with Gasteiger partial charge in [-0.25, -0.2) is 0 Å². The molecule has 0 bridgehead atoms. The average molecular weight is 218 g/mol. The molecule has 0 aromatic rings. The number of nitrogens with zero attached hydrogens (tertiary/aromatic N) is 1. The minimum atomic E-state index is -0.359. The first kappa shape index (κ1) is 10.2. The summed E-state index contributed by atoms with van der Waals surface area (Å²) in [5, 5.41) is 8.26. The molecule has 0 rings (SSSR count). The molecule has 0 fully saturated rings. The van der Waals surface area contributed by atoms with Gasteiger partial charge in [-0.3, -0.25) is 0 Å². The number of ether oxygens (including phenoxy) is 1. The Morgan fingerprint density at radius 2 is 2.45 bits per heavy atom. The Kier molecular flexibility index (Phi) is 5.54. The second kappa shape index (κ2) is 5.96. The van der Waals surface area contributed by atoms with Crippen molar-refractivity contribution in [2.45, 2.75) is 13.8 Å². The van der Waals surface area contributed by atoms with Crippen molar-refractivity contribution in [2.75, 3.05) is 6.61 Å². The monoisotopic (exact) mass is 219 g/mol. The van der Waals surface area contributed by atoms with Gasteiger partial charge in [0.05, 0.1) is 0 Å². The summed E-state index contributed by atoms with van der Waals surface area (Å²) < 4.78 is 5.43. The predicted molar refractivity (Wildman–Crippen MR) is 41.8 cm³/mol.